The first-order valence-electron chi connectivity index (χ1n) is 7.61. The first-order valence-corrected chi connectivity index (χ1v) is 7.61. The van der Waals surface area contributed by atoms with Crippen molar-refractivity contribution in [3.8, 4) is 0 Å². The Morgan fingerprint density at radius 1 is 1.37 bits per heavy atom. The summed E-state index contributed by atoms with van der Waals surface area (Å²) < 4.78 is 0. The van der Waals surface area contributed by atoms with Crippen LogP contribution >= 0.6 is 0 Å². The predicted molar refractivity (Wildman–Crippen MR) is 83.4 cm³/mol. The normalized spacial score (nSPS) is 28.2. The van der Waals surface area contributed by atoms with Crippen molar-refractivity contribution in [3.63, 3.8) is 0 Å². The zero-order valence-electron chi connectivity index (χ0n) is 12.4. The van der Waals surface area contributed by atoms with E-state index in [0.29, 0.717) is 11.3 Å². The van der Waals surface area contributed by atoms with E-state index < -0.39 is 0 Å². The average Bonchev–Trinajstić information content (AvgIpc) is 2.43. The molecule has 19 heavy (non-hydrogen) atoms. The highest BCUT2D eigenvalue weighted by atomic mass is 15.1. The maximum absolute atomic E-state index is 3.87. The van der Waals surface area contributed by atoms with Crippen LogP contribution in [0.3, 0.4) is 0 Å². The zero-order chi connectivity index (χ0) is 13.7. The second-order valence-electron chi connectivity index (χ2n) is 5.97. The van der Waals surface area contributed by atoms with E-state index in [9.17, 15) is 0 Å². The van der Waals surface area contributed by atoms with E-state index in [0.717, 1.165) is 6.54 Å². The van der Waals surface area contributed by atoms with Gasteiger partial charge in [0.2, 0.25) is 0 Å². The molecule has 0 radical (unpaired) electrons. The molecular weight excluding hydrogens is 230 g/mol. The highest BCUT2D eigenvalue weighted by Crippen LogP contribution is 2.43. The van der Waals surface area contributed by atoms with Gasteiger partial charge in [0.1, 0.15) is 0 Å². The summed E-state index contributed by atoms with van der Waals surface area (Å²) in [6, 6.07) is 11.2. The van der Waals surface area contributed by atoms with Gasteiger partial charge in [-0.1, -0.05) is 56.7 Å². The van der Waals surface area contributed by atoms with Crippen LogP contribution < -0.4 is 0 Å². The summed E-state index contributed by atoms with van der Waals surface area (Å²) in [5, 5.41) is 0. The Balaban J connectivity index is 2.24. The third kappa shape index (κ3) is 2.92. The third-order valence-electron chi connectivity index (χ3n) is 4.78. The van der Waals surface area contributed by atoms with E-state index >= 15 is 0 Å². The minimum atomic E-state index is 0.383. The Morgan fingerprint density at radius 3 is 2.68 bits per heavy atom. The molecule has 0 N–H and O–H groups in total. The number of likely N-dealkylation sites (tertiary alicyclic amines) is 1. The highest BCUT2D eigenvalue weighted by Gasteiger charge is 2.40. The van der Waals surface area contributed by atoms with Crippen LogP contribution in [0, 0.1) is 5.92 Å². The quantitative estimate of drug-likeness (QED) is 0.713. The Labute approximate surface area is 118 Å². The Bertz CT molecular complexity index is 397. The first kappa shape index (κ1) is 14.3. The van der Waals surface area contributed by atoms with E-state index in [4.69, 9.17) is 0 Å². The van der Waals surface area contributed by atoms with Gasteiger partial charge in [0, 0.05) is 18.5 Å². The van der Waals surface area contributed by atoms with Gasteiger partial charge in [-0.15, -0.1) is 6.58 Å². The molecule has 1 fully saturated rings. The Morgan fingerprint density at radius 2 is 2.11 bits per heavy atom. The zero-order valence-corrected chi connectivity index (χ0v) is 12.4. The molecule has 2 unspecified atom stereocenters. The van der Waals surface area contributed by atoms with Gasteiger partial charge in [-0.25, -0.2) is 0 Å². The number of hydrogen-bond donors (Lipinski definition) is 0. The lowest BCUT2D eigenvalue weighted by Gasteiger charge is -2.47. The molecule has 1 aliphatic heterocycles. The van der Waals surface area contributed by atoms with Gasteiger partial charge in [-0.3, -0.25) is 4.90 Å². The summed E-state index contributed by atoms with van der Waals surface area (Å²) in [5.41, 5.74) is 1.93. The van der Waals surface area contributed by atoms with Crippen molar-refractivity contribution in [1.82, 2.24) is 4.90 Å². The number of piperidine rings is 1. The fourth-order valence-electron chi connectivity index (χ4n) is 3.77. The SMILES string of the molecule is C=CCN1CCC(CCC)(c2ccccc2)C(C)C1. The summed E-state index contributed by atoms with van der Waals surface area (Å²) in [7, 11) is 0. The van der Waals surface area contributed by atoms with E-state index in [1.807, 2.05) is 6.08 Å². The van der Waals surface area contributed by atoms with Crippen LogP contribution in [0.4, 0.5) is 0 Å². The minimum absolute atomic E-state index is 0.383. The van der Waals surface area contributed by atoms with E-state index in [-0.39, 0.29) is 0 Å². The monoisotopic (exact) mass is 257 g/mol. The molecule has 2 rings (SSSR count). The number of benzene rings is 1. The molecule has 0 spiro atoms. The molecule has 0 amide bonds. The summed E-state index contributed by atoms with van der Waals surface area (Å²) in [6.07, 6.45) is 5.88. The molecule has 1 aromatic carbocycles. The fourth-order valence-corrected chi connectivity index (χ4v) is 3.77. The molecular formula is C18H27N. The van der Waals surface area contributed by atoms with Crippen LogP contribution in [0.2, 0.25) is 0 Å². The molecule has 1 aliphatic rings. The van der Waals surface area contributed by atoms with Crippen molar-refractivity contribution in [3.05, 3.63) is 48.6 Å². The largest absolute Gasteiger partial charge is 0.299 e. The van der Waals surface area contributed by atoms with Gasteiger partial charge in [0.25, 0.3) is 0 Å². The summed E-state index contributed by atoms with van der Waals surface area (Å²) in [5.74, 6) is 0.712. The number of nitrogens with zero attached hydrogens (tertiary/aromatic N) is 1. The van der Waals surface area contributed by atoms with Crippen LogP contribution in [0.25, 0.3) is 0 Å². The first-order chi connectivity index (χ1) is 9.23. The number of rotatable bonds is 5. The molecule has 2 atom stereocenters. The van der Waals surface area contributed by atoms with Gasteiger partial charge < -0.3 is 0 Å². The van der Waals surface area contributed by atoms with Gasteiger partial charge in [0.15, 0.2) is 0 Å². The lowest BCUT2D eigenvalue weighted by Crippen LogP contribution is -2.48. The second kappa shape index (κ2) is 6.38. The van der Waals surface area contributed by atoms with Crippen LogP contribution in [0.15, 0.2) is 43.0 Å². The molecule has 0 saturated carbocycles. The van der Waals surface area contributed by atoms with E-state index in [1.165, 1.54) is 32.4 Å². The number of hydrogen-bond acceptors (Lipinski definition) is 1. The fraction of sp³-hybridized carbons (Fsp3) is 0.556. The topological polar surface area (TPSA) is 3.24 Å². The molecule has 1 nitrogen and oxygen atoms in total. The standard InChI is InChI=1S/C18H27N/c1-4-11-18(17-9-7-6-8-10-17)12-14-19(13-5-2)15-16(18)3/h5-10,16H,2,4,11-15H2,1,3H3. The molecule has 1 saturated heterocycles. The molecule has 104 valence electrons. The van der Waals surface area contributed by atoms with Gasteiger partial charge in [0.05, 0.1) is 0 Å². The van der Waals surface area contributed by atoms with Crippen molar-refractivity contribution in [2.45, 2.75) is 38.5 Å². The van der Waals surface area contributed by atoms with Crippen molar-refractivity contribution in [2.75, 3.05) is 19.6 Å². The van der Waals surface area contributed by atoms with Gasteiger partial charge in [-0.2, -0.15) is 0 Å². The van der Waals surface area contributed by atoms with Crippen molar-refractivity contribution >= 4 is 0 Å². The second-order valence-corrected chi connectivity index (χ2v) is 5.97. The smallest absolute Gasteiger partial charge is 0.0160 e. The van der Waals surface area contributed by atoms with Crippen LogP contribution in [-0.4, -0.2) is 24.5 Å². The molecule has 1 heteroatoms. The van der Waals surface area contributed by atoms with Crippen LogP contribution in [0.1, 0.15) is 38.7 Å². The lowest BCUT2D eigenvalue weighted by molar-refractivity contribution is 0.102. The molecule has 0 aromatic heterocycles. The lowest BCUT2D eigenvalue weighted by atomic mass is 9.64. The van der Waals surface area contributed by atoms with Crippen LogP contribution in [-0.2, 0) is 5.41 Å². The van der Waals surface area contributed by atoms with Crippen molar-refractivity contribution in [2.24, 2.45) is 5.92 Å². The Kier molecular flexibility index (Phi) is 4.81. The van der Waals surface area contributed by atoms with E-state index in [1.54, 1.807) is 5.56 Å². The van der Waals surface area contributed by atoms with Crippen molar-refractivity contribution in [1.29, 1.82) is 0 Å². The highest BCUT2D eigenvalue weighted by molar-refractivity contribution is 5.27. The molecule has 1 heterocycles. The molecule has 0 aliphatic carbocycles. The van der Waals surface area contributed by atoms with Gasteiger partial charge in [-0.05, 0) is 30.9 Å². The summed E-state index contributed by atoms with van der Waals surface area (Å²) >= 11 is 0. The average molecular weight is 257 g/mol. The van der Waals surface area contributed by atoms with Crippen molar-refractivity contribution < 1.29 is 0 Å². The minimum Gasteiger partial charge on any atom is -0.299 e. The Hall–Kier alpha value is -1.08. The molecule has 1 aromatic rings. The third-order valence-corrected chi connectivity index (χ3v) is 4.78. The molecule has 0 bridgehead atoms. The summed E-state index contributed by atoms with van der Waals surface area (Å²) in [4.78, 5) is 2.54. The maximum atomic E-state index is 3.87. The van der Waals surface area contributed by atoms with Crippen LogP contribution in [0.5, 0.6) is 0 Å². The summed E-state index contributed by atoms with van der Waals surface area (Å²) in [6.45, 7) is 12.0. The van der Waals surface area contributed by atoms with E-state index in [2.05, 4.69) is 55.7 Å². The van der Waals surface area contributed by atoms with Gasteiger partial charge >= 0.3 is 0 Å². The maximum Gasteiger partial charge on any atom is 0.0160 e. The predicted octanol–water partition coefficient (Wildman–Crippen LogP) is 4.25.